The lowest BCUT2D eigenvalue weighted by atomic mass is 10.1. The Morgan fingerprint density at radius 3 is 2.35 bits per heavy atom. The first-order chi connectivity index (χ1) is 8.20. The monoisotopic (exact) mass is 243 g/mol. The minimum Gasteiger partial charge on any atom is -0.391 e. The second-order valence-electron chi connectivity index (χ2n) is 4.76. The lowest BCUT2D eigenvalue weighted by Crippen LogP contribution is -2.31. The fourth-order valence-corrected chi connectivity index (χ4v) is 1.82. The smallest absolute Gasteiger partial charge is 0.220 e. The number of hydrogen-bond acceptors (Lipinski definition) is 2. The summed E-state index contributed by atoms with van der Waals surface area (Å²) >= 11 is 0. The minimum atomic E-state index is -0.381. The summed E-state index contributed by atoms with van der Waals surface area (Å²) in [5.41, 5.74) is 0. The summed E-state index contributed by atoms with van der Waals surface area (Å²) in [6, 6.07) is 0. The van der Waals surface area contributed by atoms with E-state index in [4.69, 9.17) is 0 Å². The zero-order valence-electron chi connectivity index (χ0n) is 11.5. The third-order valence-corrected chi connectivity index (χ3v) is 2.91. The van der Waals surface area contributed by atoms with Gasteiger partial charge in [0.2, 0.25) is 5.91 Å². The molecule has 0 aliphatic rings. The first-order valence-corrected chi connectivity index (χ1v) is 7.15. The second kappa shape index (κ2) is 11.9. The summed E-state index contributed by atoms with van der Waals surface area (Å²) in [6.45, 7) is 4.64. The molecule has 3 nitrogen and oxygen atoms in total. The van der Waals surface area contributed by atoms with E-state index in [1.54, 1.807) is 0 Å². The minimum absolute atomic E-state index is 0.0793. The van der Waals surface area contributed by atoms with Gasteiger partial charge in [-0.3, -0.25) is 4.79 Å². The van der Waals surface area contributed by atoms with Gasteiger partial charge < -0.3 is 10.4 Å². The molecule has 0 rings (SSSR count). The lowest BCUT2D eigenvalue weighted by molar-refractivity contribution is -0.121. The molecule has 2 N–H and O–H groups in total. The predicted octanol–water partition coefficient (Wildman–Crippen LogP) is 3.01. The van der Waals surface area contributed by atoms with Gasteiger partial charge in [0.1, 0.15) is 0 Å². The van der Waals surface area contributed by atoms with Crippen molar-refractivity contribution < 1.29 is 9.90 Å². The molecule has 3 heteroatoms. The molecule has 0 radical (unpaired) electrons. The van der Waals surface area contributed by atoms with E-state index in [0.717, 1.165) is 25.7 Å². The predicted molar refractivity (Wildman–Crippen MR) is 71.9 cm³/mol. The number of rotatable bonds is 11. The molecular weight excluding hydrogens is 214 g/mol. The van der Waals surface area contributed by atoms with Crippen molar-refractivity contribution in [3.63, 3.8) is 0 Å². The van der Waals surface area contributed by atoms with E-state index in [-0.39, 0.29) is 12.0 Å². The quantitative estimate of drug-likeness (QED) is 0.548. The van der Waals surface area contributed by atoms with Gasteiger partial charge in [0.25, 0.3) is 0 Å². The van der Waals surface area contributed by atoms with Crippen LogP contribution in [0.1, 0.15) is 71.6 Å². The number of aliphatic hydroxyl groups is 1. The van der Waals surface area contributed by atoms with Crippen molar-refractivity contribution in [3.05, 3.63) is 0 Å². The Labute approximate surface area is 106 Å². The molecule has 0 fully saturated rings. The highest BCUT2D eigenvalue weighted by Gasteiger charge is 2.05. The number of carbonyl (C=O) groups is 1. The fourth-order valence-electron chi connectivity index (χ4n) is 1.82. The molecule has 1 atom stereocenters. The highest BCUT2D eigenvalue weighted by atomic mass is 16.3. The molecule has 0 aromatic carbocycles. The Balaban J connectivity index is 3.28. The largest absolute Gasteiger partial charge is 0.391 e. The average Bonchev–Trinajstić information content (AvgIpc) is 2.31. The van der Waals surface area contributed by atoms with Crippen molar-refractivity contribution in [1.29, 1.82) is 0 Å². The normalized spacial score (nSPS) is 12.4. The number of nitrogens with one attached hydrogen (secondary N) is 1. The first kappa shape index (κ1) is 16.4. The highest BCUT2D eigenvalue weighted by molar-refractivity contribution is 5.75. The van der Waals surface area contributed by atoms with E-state index in [9.17, 15) is 9.90 Å². The van der Waals surface area contributed by atoms with E-state index in [0.29, 0.717) is 13.0 Å². The van der Waals surface area contributed by atoms with Crippen molar-refractivity contribution in [3.8, 4) is 0 Å². The number of unbranched alkanes of at least 4 members (excludes halogenated alkanes) is 5. The van der Waals surface area contributed by atoms with Crippen molar-refractivity contribution in [2.24, 2.45) is 0 Å². The van der Waals surface area contributed by atoms with Crippen LogP contribution in [0.25, 0.3) is 0 Å². The molecule has 1 unspecified atom stereocenters. The van der Waals surface area contributed by atoms with Crippen LogP contribution in [-0.2, 0) is 4.79 Å². The van der Waals surface area contributed by atoms with Crippen LogP contribution in [0.4, 0.5) is 0 Å². The number of aliphatic hydroxyl groups excluding tert-OH is 1. The Bertz CT molecular complexity index is 183. The van der Waals surface area contributed by atoms with E-state index in [1.807, 2.05) is 6.92 Å². The lowest BCUT2D eigenvalue weighted by Gasteiger charge is -2.10. The molecule has 0 aliphatic heterocycles. The topological polar surface area (TPSA) is 49.3 Å². The van der Waals surface area contributed by atoms with E-state index < -0.39 is 0 Å². The second-order valence-corrected chi connectivity index (χ2v) is 4.76. The van der Waals surface area contributed by atoms with Gasteiger partial charge >= 0.3 is 0 Å². The summed E-state index contributed by atoms with van der Waals surface area (Å²) < 4.78 is 0. The molecule has 0 saturated heterocycles. The van der Waals surface area contributed by atoms with E-state index in [1.165, 1.54) is 25.7 Å². The molecule has 0 bridgehead atoms. The Hall–Kier alpha value is -0.570. The zero-order valence-corrected chi connectivity index (χ0v) is 11.5. The number of amides is 1. The summed E-state index contributed by atoms with van der Waals surface area (Å²) in [5.74, 6) is 0.0793. The summed E-state index contributed by atoms with van der Waals surface area (Å²) in [4.78, 5) is 11.4. The molecule has 0 aromatic heterocycles. The Morgan fingerprint density at radius 2 is 1.71 bits per heavy atom. The molecule has 0 aromatic rings. The van der Waals surface area contributed by atoms with Crippen LogP contribution in [0.2, 0.25) is 0 Å². The Kier molecular flexibility index (Phi) is 11.5. The van der Waals surface area contributed by atoms with Crippen LogP contribution in [0.15, 0.2) is 0 Å². The molecule has 1 amide bonds. The molecule has 0 aliphatic carbocycles. The summed E-state index contributed by atoms with van der Waals surface area (Å²) in [6.07, 6.45) is 9.13. The van der Waals surface area contributed by atoms with Crippen LogP contribution in [0.5, 0.6) is 0 Å². The van der Waals surface area contributed by atoms with Crippen LogP contribution >= 0.6 is 0 Å². The van der Waals surface area contributed by atoms with Gasteiger partial charge in [-0.15, -0.1) is 0 Å². The van der Waals surface area contributed by atoms with Crippen LogP contribution < -0.4 is 5.32 Å². The molecule has 0 heterocycles. The van der Waals surface area contributed by atoms with Gasteiger partial charge in [0.05, 0.1) is 6.10 Å². The molecule has 17 heavy (non-hydrogen) atoms. The first-order valence-electron chi connectivity index (χ1n) is 7.15. The fraction of sp³-hybridized carbons (Fsp3) is 0.929. The summed E-state index contributed by atoms with van der Waals surface area (Å²) in [5, 5.41) is 12.2. The van der Waals surface area contributed by atoms with Crippen LogP contribution in [0.3, 0.4) is 0 Å². The average molecular weight is 243 g/mol. The molecule has 0 spiro atoms. The van der Waals surface area contributed by atoms with Crippen molar-refractivity contribution in [1.82, 2.24) is 5.32 Å². The standard InChI is InChI=1S/C14H29NO2/c1-3-5-6-7-8-9-11-14(17)15-12-13(16)10-4-2/h13,16H,3-12H2,1-2H3,(H,15,17). The SMILES string of the molecule is CCCCCCCCC(=O)NCC(O)CCC. The maximum absolute atomic E-state index is 11.4. The van der Waals surface area contributed by atoms with Gasteiger partial charge in [-0.05, 0) is 12.8 Å². The summed E-state index contributed by atoms with van der Waals surface area (Å²) in [7, 11) is 0. The van der Waals surface area contributed by atoms with Crippen molar-refractivity contribution >= 4 is 5.91 Å². The molecule has 102 valence electrons. The van der Waals surface area contributed by atoms with E-state index in [2.05, 4.69) is 12.2 Å². The Morgan fingerprint density at radius 1 is 1.06 bits per heavy atom. The van der Waals surface area contributed by atoms with Crippen molar-refractivity contribution in [2.75, 3.05) is 6.54 Å². The van der Waals surface area contributed by atoms with Gasteiger partial charge in [-0.2, -0.15) is 0 Å². The van der Waals surface area contributed by atoms with E-state index >= 15 is 0 Å². The number of carbonyl (C=O) groups excluding carboxylic acids is 1. The maximum atomic E-state index is 11.4. The van der Waals surface area contributed by atoms with Gasteiger partial charge in [-0.25, -0.2) is 0 Å². The van der Waals surface area contributed by atoms with Gasteiger partial charge in [-0.1, -0.05) is 52.4 Å². The molecule has 0 saturated carbocycles. The van der Waals surface area contributed by atoms with Crippen LogP contribution in [0, 0.1) is 0 Å². The zero-order chi connectivity index (χ0) is 12.9. The number of hydrogen-bond donors (Lipinski definition) is 2. The maximum Gasteiger partial charge on any atom is 0.220 e. The third-order valence-electron chi connectivity index (χ3n) is 2.91. The third kappa shape index (κ3) is 11.7. The highest BCUT2D eigenvalue weighted by Crippen LogP contribution is 2.06. The van der Waals surface area contributed by atoms with Crippen LogP contribution in [-0.4, -0.2) is 23.7 Å². The molecular formula is C14H29NO2. The van der Waals surface area contributed by atoms with Crippen molar-refractivity contribution in [2.45, 2.75) is 77.7 Å². The van der Waals surface area contributed by atoms with Gasteiger partial charge in [0, 0.05) is 13.0 Å². The van der Waals surface area contributed by atoms with Gasteiger partial charge in [0.15, 0.2) is 0 Å².